The maximum atomic E-state index is 12.6. The number of thiophene rings is 1. The fraction of sp³-hybridized carbons (Fsp3) is 0.500. The summed E-state index contributed by atoms with van der Waals surface area (Å²) in [7, 11) is 0. The first-order valence-corrected chi connectivity index (χ1v) is 11.0. The van der Waals surface area contributed by atoms with Crippen LogP contribution in [0.3, 0.4) is 0 Å². The van der Waals surface area contributed by atoms with E-state index in [-0.39, 0.29) is 11.9 Å². The van der Waals surface area contributed by atoms with Crippen LogP contribution in [-0.2, 0) is 17.6 Å². The number of hydrogen-bond acceptors (Lipinski definition) is 5. The SMILES string of the molecule is CCOC(=O)c1c(C)[nH]c(/C(C)=N/NC(=O)c2cc3c(s2)CC[C@H](CC)C3)c1C. The number of amides is 1. The van der Waals surface area contributed by atoms with Crippen LogP contribution < -0.4 is 5.43 Å². The Morgan fingerprint density at radius 3 is 2.79 bits per heavy atom. The zero-order chi connectivity index (χ0) is 21.1. The van der Waals surface area contributed by atoms with Gasteiger partial charge in [-0.1, -0.05) is 13.3 Å². The number of H-pyrrole nitrogens is 1. The highest BCUT2D eigenvalue weighted by Gasteiger charge is 2.23. The normalized spacial score (nSPS) is 16.4. The minimum absolute atomic E-state index is 0.191. The van der Waals surface area contributed by atoms with Gasteiger partial charge in [-0.25, -0.2) is 10.2 Å². The number of carbonyl (C=O) groups is 2. The fourth-order valence-electron chi connectivity index (χ4n) is 3.93. The number of ether oxygens (including phenoxy) is 1. The summed E-state index contributed by atoms with van der Waals surface area (Å²) in [5.74, 6) is 0.181. The van der Waals surface area contributed by atoms with Gasteiger partial charge in [0.05, 0.1) is 28.5 Å². The Kier molecular flexibility index (Phi) is 6.57. The molecule has 0 unspecified atom stereocenters. The lowest BCUT2D eigenvalue weighted by molar-refractivity contribution is 0.0525. The molecule has 0 aromatic carbocycles. The number of hydrogen-bond donors (Lipinski definition) is 2. The number of fused-ring (bicyclic) bond motifs is 1. The van der Waals surface area contributed by atoms with E-state index < -0.39 is 0 Å². The quantitative estimate of drug-likeness (QED) is 0.413. The number of rotatable bonds is 6. The molecule has 1 aliphatic carbocycles. The maximum Gasteiger partial charge on any atom is 0.340 e. The summed E-state index contributed by atoms with van der Waals surface area (Å²) >= 11 is 1.57. The molecule has 0 spiro atoms. The van der Waals surface area contributed by atoms with Crippen molar-refractivity contribution in [1.29, 1.82) is 0 Å². The van der Waals surface area contributed by atoms with Crippen molar-refractivity contribution in [2.45, 2.75) is 60.3 Å². The van der Waals surface area contributed by atoms with Crippen LogP contribution in [0.5, 0.6) is 0 Å². The van der Waals surface area contributed by atoms with Gasteiger partial charge in [0.15, 0.2) is 0 Å². The van der Waals surface area contributed by atoms with E-state index in [1.807, 2.05) is 19.9 Å². The van der Waals surface area contributed by atoms with Gasteiger partial charge in [0.2, 0.25) is 0 Å². The summed E-state index contributed by atoms with van der Waals surface area (Å²) in [6.07, 6.45) is 4.51. The Morgan fingerprint density at radius 2 is 2.10 bits per heavy atom. The summed E-state index contributed by atoms with van der Waals surface area (Å²) in [5.41, 5.74) is 7.34. The van der Waals surface area contributed by atoms with Crippen LogP contribution >= 0.6 is 11.3 Å². The zero-order valence-corrected chi connectivity index (χ0v) is 18.6. The third kappa shape index (κ3) is 4.45. The molecule has 1 aliphatic rings. The van der Waals surface area contributed by atoms with E-state index in [1.165, 1.54) is 23.3 Å². The van der Waals surface area contributed by atoms with Crippen LogP contribution in [0, 0.1) is 19.8 Å². The summed E-state index contributed by atoms with van der Waals surface area (Å²) in [6.45, 7) is 9.82. The zero-order valence-electron chi connectivity index (χ0n) is 17.8. The Bertz CT molecular complexity index is 955. The average molecular weight is 416 g/mol. The van der Waals surface area contributed by atoms with Gasteiger partial charge in [0.25, 0.3) is 5.91 Å². The molecular formula is C22H29N3O3S. The molecule has 1 atom stereocenters. The molecule has 2 N–H and O–H groups in total. The molecule has 0 aliphatic heterocycles. The molecule has 29 heavy (non-hydrogen) atoms. The predicted molar refractivity (Wildman–Crippen MR) is 116 cm³/mol. The van der Waals surface area contributed by atoms with Crippen molar-refractivity contribution in [3.8, 4) is 0 Å². The van der Waals surface area contributed by atoms with Crippen molar-refractivity contribution in [1.82, 2.24) is 10.4 Å². The fourth-order valence-corrected chi connectivity index (χ4v) is 5.02. The van der Waals surface area contributed by atoms with E-state index >= 15 is 0 Å². The first-order chi connectivity index (χ1) is 13.8. The summed E-state index contributed by atoms with van der Waals surface area (Å²) in [4.78, 5) is 30.0. The first-order valence-electron chi connectivity index (χ1n) is 10.2. The van der Waals surface area contributed by atoms with Crippen molar-refractivity contribution in [3.63, 3.8) is 0 Å². The van der Waals surface area contributed by atoms with Crippen LogP contribution in [0.25, 0.3) is 0 Å². The molecule has 2 aromatic heterocycles. The lowest BCUT2D eigenvalue weighted by atomic mass is 9.87. The van der Waals surface area contributed by atoms with E-state index in [9.17, 15) is 9.59 Å². The Balaban J connectivity index is 1.74. The second-order valence-corrected chi connectivity index (χ2v) is 8.70. The van der Waals surface area contributed by atoms with Gasteiger partial charge in [0.1, 0.15) is 0 Å². The van der Waals surface area contributed by atoms with Crippen molar-refractivity contribution >= 4 is 28.9 Å². The molecule has 156 valence electrons. The van der Waals surface area contributed by atoms with Crippen LogP contribution in [0.2, 0.25) is 0 Å². The second kappa shape index (κ2) is 8.95. The number of nitrogens with one attached hydrogen (secondary N) is 2. The molecule has 0 radical (unpaired) electrons. The largest absolute Gasteiger partial charge is 0.462 e. The summed E-state index contributed by atoms with van der Waals surface area (Å²) in [6, 6.07) is 2.02. The molecule has 2 aromatic rings. The van der Waals surface area contributed by atoms with Gasteiger partial charge in [-0.05, 0) is 70.1 Å². The van der Waals surface area contributed by atoms with Gasteiger partial charge in [-0.2, -0.15) is 5.10 Å². The highest BCUT2D eigenvalue weighted by atomic mass is 32.1. The molecule has 0 fully saturated rings. The summed E-state index contributed by atoms with van der Waals surface area (Å²) < 4.78 is 5.13. The van der Waals surface area contributed by atoms with Crippen LogP contribution in [-0.4, -0.2) is 29.2 Å². The number of aryl methyl sites for hydroxylation is 2. The van der Waals surface area contributed by atoms with Gasteiger partial charge in [0, 0.05) is 10.6 Å². The average Bonchev–Trinajstić information content (AvgIpc) is 3.25. The van der Waals surface area contributed by atoms with E-state index in [2.05, 4.69) is 22.4 Å². The van der Waals surface area contributed by atoms with E-state index in [4.69, 9.17) is 4.74 Å². The highest BCUT2D eigenvalue weighted by Crippen LogP contribution is 2.33. The highest BCUT2D eigenvalue weighted by molar-refractivity contribution is 7.14. The molecule has 0 saturated carbocycles. The standard InChI is InChI=1S/C22H29N3O3S/c1-6-15-8-9-17-16(10-15)11-18(29-17)21(26)25-24-14(5)20-12(3)19(13(4)23-20)22(27)28-7-2/h11,15,23H,6-10H2,1-5H3,(H,25,26)/b24-14+/t15-/m0/s1. The topological polar surface area (TPSA) is 83.6 Å². The lowest BCUT2D eigenvalue weighted by Crippen LogP contribution is -2.18. The van der Waals surface area contributed by atoms with Crippen LogP contribution in [0.1, 0.15) is 81.0 Å². The van der Waals surface area contributed by atoms with Gasteiger partial charge < -0.3 is 9.72 Å². The van der Waals surface area contributed by atoms with Crippen molar-refractivity contribution in [2.24, 2.45) is 11.0 Å². The van der Waals surface area contributed by atoms with E-state index in [0.29, 0.717) is 22.8 Å². The third-order valence-electron chi connectivity index (χ3n) is 5.59. The number of esters is 1. The number of carbonyl (C=O) groups excluding carboxylic acids is 2. The summed E-state index contributed by atoms with van der Waals surface area (Å²) in [5, 5.41) is 4.27. The monoisotopic (exact) mass is 415 g/mol. The number of hydrazone groups is 1. The van der Waals surface area contributed by atoms with Gasteiger partial charge in [-0.15, -0.1) is 11.3 Å². The van der Waals surface area contributed by atoms with Crippen molar-refractivity contribution < 1.29 is 14.3 Å². The molecule has 2 heterocycles. The molecule has 7 heteroatoms. The second-order valence-electron chi connectivity index (χ2n) is 7.56. The Labute approximate surface area is 175 Å². The third-order valence-corrected chi connectivity index (χ3v) is 6.83. The minimum Gasteiger partial charge on any atom is -0.462 e. The molecule has 1 amide bonds. The van der Waals surface area contributed by atoms with Gasteiger partial charge in [-0.3, -0.25) is 4.79 Å². The Hall–Kier alpha value is -2.41. The Morgan fingerprint density at radius 1 is 1.34 bits per heavy atom. The van der Waals surface area contributed by atoms with E-state index in [1.54, 1.807) is 25.2 Å². The van der Waals surface area contributed by atoms with Crippen LogP contribution in [0.4, 0.5) is 0 Å². The van der Waals surface area contributed by atoms with Crippen molar-refractivity contribution in [3.05, 3.63) is 43.9 Å². The van der Waals surface area contributed by atoms with Crippen LogP contribution in [0.15, 0.2) is 11.2 Å². The first kappa shape index (κ1) is 21.3. The minimum atomic E-state index is -0.351. The maximum absolute atomic E-state index is 12.6. The van der Waals surface area contributed by atoms with Crippen molar-refractivity contribution in [2.75, 3.05) is 6.61 Å². The lowest BCUT2D eigenvalue weighted by Gasteiger charge is -2.19. The molecule has 6 nitrogen and oxygen atoms in total. The van der Waals surface area contributed by atoms with E-state index in [0.717, 1.165) is 35.7 Å². The molecule has 3 rings (SSSR count). The van der Waals surface area contributed by atoms with Gasteiger partial charge >= 0.3 is 5.97 Å². The number of aromatic amines is 1. The molecular weight excluding hydrogens is 386 g/mol. The molecule has 0 bridgehead atoms. The molecule has 0 saturated heterocycles. The smallest absolute Gasteiger partial charge is 0.340 e. The predicted octanol–water partition coefficient (Wildman–Crippen LogP) is 4.54. The number of nitrogens with zero attached hydrogens (tertiary/aromatic N) is 1. The number of aromatic nitrogens is 1.